The summed E-state index contributed by atoms with van der Waals surface area (Å²) in [6.07, 6.45) is 6.22. The zero-order valence-corrected chi connectivity index (χ0v) is 26.7. The maximum atomic E-state index is 13.5. The van der Waals surface area contributed by atoms with Gasteiger partial charge >= 0.3 is 0 Å². The second-order valence-electron chi connectivity index (χ2n) is 14.4. The van der Waals surface area contributed by atoms with Crippen LogP contribution in [0.5, 0.6) is 0 Å². The van der Waals surface area contributed by atoms with Crippen LogP contribution in [0.2, 0.25) is 0 Å². The summed E-state index contributed by atoms with van der Waals surface area (Å²) >= 11 is 0. The molecule has 1 aromatic rings. The van der Waals surface area contributed by atoms with Crippen molar-refractivity contribution >= 4 is 34.8 Å². The van der Waals surface area contributed by atoms with Crippen LogP contribution >= 0.6 is 0 Å². The summed E-state index contributed by atoms with van der Waals surface area (Å²) in [4.78, 5) is 43.8. The molecule has 0 heterocycles. The average Bonchev–Trinajstić information content (AvgIpc) is 2.77. The highest BCUT2D eigenvalue weighted by atomic mass is 16.2. The maximum absolute atomic E-state index is 13.5. The Bertz CT molecular complexity index is 948. The summed E-state index contributed by atoms with van der Waals surface area (Å²) in [5.41, 5.74) is 1.33. The van der Waals surface area contributed by atoms with Crippen LogP contribution in [0.25, 0.3) is 0 Å². The number of nitrogens with zero attached hydrogens (tertiary/aromatic N) is 2. The van der Waals surface area contributed by atoms with Crippen LogP contribution < -0.4 is 15.1 Å². The number of carbonyl (C=O) groups excluding carboxylic acids is 3. The smallest absolute Gasteiger partial charge is 0.227 e. The molecule has 6 nitrogen and oxygen atoms in total. The number of rotatable bonds is 8. The van der Waals surface area contributed by atoms with Crippen LogP contribution in [0.15, 0.2) is 18.2 Å². The van der Waals surface area contributed by atoms with Crippen LogP contribution in [-0.4, -0.2) is 28.8 Å². The van der Waals surface area contributed by atoms with E-state index in [0.717, 1.165) is 38.5 Å². The SMILES string of the molecule is CCCC(=O)N(c1cc(NC(=O)C2CCC(C(C)(C)C)CC2)cc(N(C(=O)CCC)C(C)(C)C)c1)C(C)(C)C. The molecule has 0 aliphatic heterocycles. The minimum atomic E-state index is -0.475. The van der Waals surface area contributed by atoms with Gasteiger partial charge in [-0.05, 0) is 110 Å². The quantitative estimate of drug-likeness (QED) is 0.359. The van der Waals surface area contributed by atoms with Crippen molar-refractivity contribution in [3.63, 3.8) is 0 Å². The molecule has 0 saturated heterocycles. The van der Waals surface area contributed by atoms with Gasteiger partial charge in [0.05, 0.1) is 0 Å². The number of hydrogen-bond donors (Lipinski definition) is 1. The number of amides is 3. The van der Waals surface area contributed by atoms with Gasteiger partial charge in [-0.25, -0.2) is 0 Å². The monoisotopic (exact) mass is 541 g/mol. The molecule has 1 N–H and O–H groups in total. The van der Waals surface area contributed by atoms with E-state index in [9.17, 15) is 14.4 Å². The summed E-state index contributed by atoms with van der Waals surface area (Å²) in [5, 5.41) is 3.19. The maximum Gasteiger partial charge on any atom is 0.227 e. The molecule has 0 unspecified atom stereocenters. The fraction of sp³-hybridized carbons (Fsp3) is 0.727. The van der Waals surface area contributed by atoms with E-state index in [2.05, 4.69) is 26.1 Å². The number of hydrogen-bond acceptors (Lipinski definition) is 3. The van der Waals surface area contributed by atoms with Gasteiger partial charge in [0.1, 0.15) is 0 Å². The third-order valence-electron chi connectivity index (χ3n) is 7.78. The second-order valence-corrected chi connectivity index (χ2v) is 14.4. The Hall–Kier alpha value is -2.37. The highest BCUT2D eigenvalue weighted by Crippen LogP contribution is 2.41. The second kappa shape index (κ2) is 12.9. The molecule has 0 aromatic heterocycles. The Labute approximate surface area is 238 Å². The Morgan fingerprint density at radius 3 is 1.46 bits per heavy atom. The number of benzene rings is 1. The van der Waals surface area contributed by atoms with E-state index in [-0.39, 0.29) is 29.1 Å². The van der Waals surface area contributed by atoms with Gasteiger partial charge in [-0.3, -0.25) is 14.4 Å². The zero-order chi connectivity index (χ0) is 29.8. The Kier molecular flexibility index (Phi) is 10.8. The summed E-state index contributed by atoms with van der Waals surface area (Å²) in [6.45, 7) is 23.0. The molecule has 3 amide bonds. The largest absolute Gasteiger partial charge is 0.326 e. The third kappa shape index (κ3) is 8.81. The molecule has 1 saturated carbocycles. The minimum Gasteiger partial charge on any atom is -0.326 e. The van der Waals surface area contributed by atoms with Crippen LogP contribution in [0, 0.1) is 17.3 Å². The number of nitrogens with one attached hydrogen (secondary N) is 1. The number of anilines is 3. The first-order valence-corrected chi connectivity index (χ1v) is 15.0. The molecule has 6 heteroatoms. The van der Waals surface area contributed by atoms with Crippen molar-refractivity contribution in [3.05, 3.63) is 18.2 Å². The Balaban J connectivity index is 2.55. The zero-order valence-electron chi connectivity index (χ0n) is 26.7. The van der Waals surface area contributed by atoms with Crippen molar-refractivity contribution in [3.8, 4) is 0 Å². The Morgan fingerprint density at radius 1 is 0.718 bits per heavy atom. The molecular weight excluding hydrogens is 486 g/mol. The van der Waals surface area contributed by atoms with E-state index in [1.807, 2.05) is 83.4 Å². The van der Waals surface area contributed by atoms with Crippen molar-refractivity contribution < 1.29 is 14.4 Å². The molecular formula is C33H55N3O3. The van der Waals surface area contributed by atoms with Gasteiger partial charge in [-0.2, -0.15) is 0 Å². The topological polar surface area (TPSA) is 69.7 Å². The van der Waals surface area contributed by atoms with Crippen LogP contribution in [0.4, 0.5) is 17.1 Å². The van der Waals surface area contributed by atoms with Crippen molar-refractivity contribution in [2.75, 3.05) is 15.1 Å². The highest BCUT2D eigenvalue weighted by molar-refractivity contribution is 6.01. The molecule has 0 radical (unpaired) electrons. The number of carbonyl (C=O) groups is 3. The normalized spacial score (nSPS) is 18.4. The standard InChI is InChI=1S/C33H55N3O3/c1-12-14-28(37)35(32(6,7)8)26-20-25(21-27(22-26)36(33(9,10)11)29(38)15-13-2)34-30(39)23-16-18-24(19-17-23)31(3,4)5/h20-24H,12-19H2,1-11H3,(H,34,39). The molecule has 220 valence electrons. The molecule has 0 spiro atoms. The van der Waals surface area contributed by atoms with Gasteiger partial charge in [-0.1, -0.05) is 34.6 Å². The lowest BCUT2D eigenvalue weighted by molar-refractivity contribution is -0.121. The van der Waals surface area contributed by atoms with Gasteiger partial charge in [-0.15, -0.1) is 0 Å². The van der Waals surface area contributed by atoms with E-state index in [1.165, 1.54) is 0 Å². The summed E-state index contributed by atoms with van der Waals surface area (Å²) in [6, 6.07) is 5.72. The molecule has 39 heavy (non-hydrogen) atoms. The lowest BCUT2D eigenvalue weighted by atomic mass is 9.69. The van der Waals surface area contributed by atoms with Crippen molar-refractivity contribution in [2.24, 2.45) is 17.3 Å². The minimum absolute atomic E-state index is 0.0230. The molecule has 0 atom stereocenters. The average molecular weight is 542 g/mol. The van der Waals surface area contributed by atoms with E-state index in [1.54, 1.807) is 0 Å². The van der Waals surface area contributed by atoms with Crippen molar-refractivity contribution in [1.82, 2.24) is 0 Å². The molecule has 0 bridgehead atoms. The fourth-order valence-corrected chi connectivity index (χ4v) is 5.85. The molecule has 1 fully saturated rings. The first kappa shape index (κ1) is 32.8. The Morgan fingerprint density at radius 2 is 1.13 bits per heavy atom. The van der Waals surface area contributed by atoms with Gasteiger partial charge in [0.15, 0.2) is 0 Å². The van der Waals surface area contributed by atoms with E-state index >= 15 is 0 Å². The predicted octanol–water partition coefficient (Wildman–Crippen LogP) is 8.34. The summed E-state index contributed by atoms with van der Waals surface area (Å²) in [5.74, 6) is 0.682. The molecule has 1 aliphatic rings. The van der Waals surface area contributed by atoms with Crippen molar-refractivity contribution in [1.29, 1.82) is 0 Å². The lowest BCUT2D eigenvalue weighted by Crippen LogP contribution is -2.47. The first-order valence-electron chi connectivity index (χ1n) is 15.0. The van der Waals surface area contributed by atoms with E-state index in [4.69, 9.17) is 0 Å². The van der Waals surface area contributed by atoms with Crippen molar-refractivity contribution in [2.45, 2.75) is 139 Å². The van der Waals surface area contributed by atoms with E-state index < -0.39 is 11.1 Å². The van der Waals surface area contributed by atoms with Gasteiger partial charge in [0.2, 0.25) is 17.7 Å². The van der Waals surface area contributed by atoms with Gasteiger partial charge in [0.25, 0.3) is 0 Å². The van der Waals surface area contributed by atoms with E-state index in [0.29, 0.717) is 35.8 Å². The predicted molar refractivity (Wildman–Crippen MR) is 164 cm³/mol. The highest BCUT2D eigenvalue weighted by Gasteiger charge is 2.34. The van der Waals surface area contributed by atoms with Crippen LogP contribution in [0.1, 0.15) is 128 Å². The van der Waals surface area contributed by atoms with Gasteiger partial charge in [0, 0.05) is 46.9 Å². The third-order valence-corrected chi connectivity index (χ3v) is 7.78. The van der Waals surface area contributed by atoms with Gasteiger partial charge < -0.3 is 15.1 Å². The lowest BCUT2D eigenvalue weighted by Gasteiger charge is -2.39. The molecule has 2 rings (SSSR count). The molecule has 1 aromatic carbocycles. The van der Waals surface area contributed by atoms with Crippen LogP contribution in [-0.2, 0) is 14.4 Å². The fourth-order valence-electron chi connectivity index (χ4n) is 5.85. The summed E-state index contributed by atoms with van der Waals surface area (Å²) in [7, 11) is 0. The first-order chi connectivity index (χ1) is 17.9. The summed E-state index contributed by atoms with van der Waals surface area (Å²) < 4.78 is 0. The van der Waals surface area contributed by atoms with Crippen LogP contribution in [0.3, 0.4) is 0 Å². The molecule has 1 aliphatic carbocycles.